The van der Waals surface area contributed by atoms with Gasteiger partial charge in [-0.05, 0) is 39.5 Å². The molecule has 18 heavy (non-hydrogen) atoms. The third-order valence-corrected chi connectivity index (χ3v) is 4.26. The summed E-state index contributed by atoms with van der Waals surface area (Å²) in [4.78, 5) is 2.32. The maximum Gasteiger partial charge on any atom is 0.0870 e. The minimum Gasteiger partial charge on any atom is -0.381 e. The molecule has 2 heterocycles. The van der Waals surface area contributed by atoms with Gasteiger partial charge in [0.25, 0.3) is 0 Å². The van der Waals surface area contributed by atoms with Gasteiger partial charge in [0.15, 0.2) is 0 Å². The maximum atomic E-state index is 8.98. The summed E-state index contributed by atoms with van der Waals surface area (Å²) in [6.45, 7) is 7.31. The molecule has 1 atom stereocenters. The van der Waals surface area contributed by atoms with Crippen molar-refractivity contribution < 1.29 is 9.47 Å². The Hall–Kier alpha value is -0.630. The first kappa shape index (κ1) is 13.8. The van der Waals surface area contributed by atoms with E-state index in [9.17, 15) is 0 Å². The largest absolute Gasteiger partial charge is 0.381 e. The van der Waals surface area contributed by atoms with Crippen LogP contribution < -0.4 is 0 Å². The molecule has 0 aromatic heterocycles. The molecule has 1 spiro atoms. The molecule has 0 bridgehead atoms. The molecular formula is C14H24N2O2. The van der Waals surface area contributed by atoms with Crippen LogP contribution in [0.4, 0.5) is 0 Å². The summed E-state index contributed by atoms with van der Waals surface area (Å²) in [7, 11) is 0. The van der Waals surface area contributed by atoms with E-state index in [2.05, 4.69) is 24.8 Å². The number of hydrogen-bond acceptors (Lipinski definition) is 4. The molecule has 0 radical (unpaired) electrons. The fourth-order valence-corrected chi connectivity index (χ4v) is 3.19. The lowest BCUT2D eigenvalue weighted by molar-refractivity contribution is -0.152. The smallest absolute Gasteiger partial charge is 0.0870 e. The lowest BCUT2D eigenvalue weighted by Gasteiger charge is -2.46. The van der Waals surface area contributed by atoms with Crippen molar-refractivity contribution in [3.8, 4) is 6.07 Å². The molecule has 4 nitrogen and oxygen atoms in total. The van der Waals surface area contributed by atoms with E-state index >= 15 is 0 Å². The van der Waals surface area contributed by atoms with E-state index in [1.54, 1.807) is 0 Å². The second-order valence-corrected chi connectivity index (χ2v) is 5.71. The molecule has 2 aliphatic heterocycles. The highest BCUT2D eigenvalue weighted by Crippen LogP contribution is 2.36. The second kappa shape index (κ2) is 6.01. The third-order valence-electron chi connectivity index (χ3n) is 4.26. The molecule has 1 unspecified atom stereocenters. The lowest BCUT2D eigenvalue weighted by atomic mass is 9.83. The first-order valence-corrected chi connectivity index (χ1v) is 7.01. The first-order valence-electron chi connectivity index (χ1n) is 7.01. The Balaban J connectivity index is 2.02. The fourth-order valence-electron chi connectivity index (χ4n) is 3.19. The molecule has 0 saturated carbocycles. The summed E-state index contributed by atoms with van der Waals surface area (Å²) in [6.07, 6.45) is 4.10. The summed E-state index contributed by atoms with van der Waals surface area (Å²) in [5, 5.41) is 8.98. The van der Waals surface area contributed by atoms with Crippen LogP contribution >= 0.6 is 0 Å². The minimum absolute atomic E-state index is 0.0176. The van der Waals surface area contributed by atoms with Crippen LogP contribution in [-0.4, -0.2) is 49.0 Å². The topological polar surface area (TPSA) is 45.5 Å². The predicted molar refractivity (Wildman–Crippen MR) is 69.2 cm³/mol. The molecule has 2 aliphatic rings. The standard InChI is InChI=1S/C14H24N2O2/c1-12(2)16(7-6-15)13-3-8-18-14(11-13)4-9-17-10-5-14/h12-13H,3-5,7-11H2,1-2H3. The summed E-state index contributed by atoms with van der Waals surface area (Å²) in [6, 6.07) is 3.20. The Kier molecular flexibility index (Phi) is 4.60. The van der Waals surface area contributed by atoms with Gasteiger partial charge in [-0.3, -0.25) is 4.90 Å². The van der Waals surface area contributed by atoms with Crippen LogP contribution in [0, 0.1) is 11.3 Å². The van der Waals surface area contributed by atoms with Crippen LogP contribution in [0.5, 0.6) is 0 Å². The predicted octanol–water partition coefficient (Wildman–Crippen LogP) is 1.95. The zero-order valence-corrected chi connectivity index (χ0v) is 11.5. The van der Waals surface area contributed by atoms with Gasteiger partial charge < -0.3 is 9.47 Å². The van der Waals surface area contributed by atoms with E-state index in [1.165, 1.54) is 0 Å². The average Bonchev–Trinajstić information content (AvgIpc) is 2.36. The van der Waals surface area contributed by atoms with Crippen molar-refractivity contribution >= 4 is 0 Å². The minimum atomic E-state index is 0.0176. The normalized spacial score (nSPS) is 27.6. The quantitative estimate of drug-likeness (QED) is 0.720. The van der Waals surface area contributed by atoms with E-state index in [4.69, 9.17) is 14.7 Å². The van der Waals surface area contributed by atoms with Gasteiger partial charge in [-0.1, -0.05) is 0 Å². The molecule has 0 aromatic rings. The van der Waals surface area contributed by atoms with Crippen LogP contribution in [-0.2, 0) is 9.47 Å². The molecule has 0 amide bonds. The van der Waals surface area contributed by atoms with Gasteiger partial charge in [0, 0.05) is 31.9 Å². The SMILES string of the molecule is CC(C)N(CC#N)C1CCOC2(CCOCC2)C1. The van der Waals surface area contributed by atoms with Gasteiger partial charge in [0.2, 0.25) is 0 Å². The number of nitriles is 1. The fraction of sp³-hybridized carbons (Fsp3) is 0.929. The molecule has 0 aromatic carbocycles. The molecule has 0 aliphatic carbocycles. The summed E-state index contributed by atoms with van der Waals surface area (Å²) < 4.78 is 11.5. The molecule has 0 N–H and O–H groups in total. The number of rotatable bonds is 3. The summed E-state index contributed by atoms with van der Waals surface area (Å²) in [5.41, 5.74) is 0.0176. The van der Waals surface area contributed by atoms with E-state index in [0.29, 0.717) is 18.6 Å². The van der Waals surface area contributed by atoms with Gasteiger partial charge in [-0.2, -0.15) is 5.26 Å². The van der Waals surface area contributed by atoms with Crippen LogP contribution in [0.1, 0.15) is 39.5 Å². The zero-order chi connectivity index (χ0) is 13.0. The number of hydrogen-bond donors (Lipinski definition) is 0. The van der Waals surface area contributed by atoms with Crippen LogP contribution in [0.2, 0.25) is 0 Å². The molecule has 2 fully saturated rings. The molecule has 2 saturated heterocycles. The Morgan fingerprint density at radius 2 is 2.06 bits per heavy atom. The molecule has 102 valence electrons. The van der Waals surface area contributed by atoms with Crippen molar-refractivity contribution in [2.75, 3.05) is 26.4 Å². The summed E-state index contributed by atoms with van der Waals surface area (Å²) in [5.74, 6) is 0. The van der Waals surface area contributed by atoms with Crippen molar-refractivity contribution in [2.45, 2.75) is 57.2 Å². The highest BCUT2D eigenvalue weighted by molar-refractivity contribution is 4.94. The number of nitrogens with zero attached hydrogens (tertiary/aromatic N) is 2. The lowest BCUT2D eigenvalue weighted by Crippen LogP contribution is -2.52. The van der Waals surface area contributed by atoms with Crippen molar-refractivity contribution in [2.24, 2.45) is 0 Å². The van der Waals surface area contributed by atoms with Crippen LogP contribution in [0.15, 0.2) is 0 Å². The highest BCUT2D eigenvalue weighted by Gasteiger charge is 2.41. The maximum absolute atomic E-state index is 8.98. The van der Waals surface area contributed by atoms with E-state index in [0.717, 1.165) is 45.5 Å². The molecular weight excluding hydrogens is 228 g/mol. The number of ether oxygens (including phenoxy) is 2. The van der Waals surface area contributed by atoms with E-state index in [-0.39, 0.29) is 5.60 Å². The average molecular weight is 252 g/mol. The Morgan fingerprint density at radius 1 is 1.33 bits per heavy atom. The van der Waals surface area contributed by atoms with Gasteiger partial charge in [-0.25, -0.2) is 0 Å². The Bertz CT molecular complexity index is 300. The van der Waals surface area contributed by atoms with Crippen LogP contribution in [0.3, 0.4) is 0 Å². The van der Waals surface area contributed by atoms with Gasteiger partial charge >= 0.3 is 0 Å². The Labute approximate surface area is 110 Å². The third kappa shape index (κ3) is 3.03. The first-order chi connectivity index (χ1) is 8.67. The monoisotopic (exact) mass is 252 g/mol. The summed E-state index contributed by atoms with van der Waals surface area (Å²) >= 11 is 0. The van der Waals surface area contributed by atoms with Crippen molar-refractivity contribution in [3.63, 3.8) is 0 Å². The van der Waals surface area contributed by atoms with Gasteiger partial charge in [-0.15, -0.1) is 0 Å². The molecule has 4 heteroatoms. The van der Waals surface area contributed by atoms with Gasteiger partial charge in [0.1, 0.15) is 0 Å². The van der Waals surface area contributed by atoms with Crippen molar-refractivity contribution in [1.82, 2.24) is 4.90 Å². The molecule has 2 rings (SSSR count). The van der Waals surface area contributed by atoms with Crippen molar-refractivity contribution in [3.05, 3.63) is 0 Å². The van der Waals surface area contributed by atoms with Crippen molar-refractivity contribution in [1.29, 1.82) is 5.26 Å². The van der Waals surface area contributed by atoms with E-state index < -0.39 is 0 Å². The van der Waals surface area contributed by atoms with E-state index in [1.807, 2.05) is 0 Å². The zero-order valence-electron chi connectivity index (χ0n) is 11.5. The highest BCUT2D eigenvalue weighted by atomic mass is 16.5. The van der Waals surface area contributed by atoms with Crippen LogP contribution in [0.25, 0.3) is 0 Å². The Morgan fingerprint density at radius 3 is 2.67 bits per heavy atom. The second-order valence-electron chi connectivity index (χ2n) is 5.71. The van der Waals surface area contributed by atoms with Gasteiger partial charge in [0.05, 0.1) is 18.2 Å².